The summed E-state index contributed by atoms with van der Waals surface area (Å²) in [4.78, 5) is 4.42. The van der Waals surface area contributed by atoms with Gasteiger partial charge >= 0.3 is 0 Å². The molecule has 0 aliphatic carbocycles. The topological polar surface area (TPSA) is 61.8 Å². The molecular formula is C16H18BrN3O2S. The number of benzene rings is 2. The SMILES string of the molecule is C/C(=N/NS(=O)(=O)c1ccc(Br)cc1)c1ccc(N(C)C)cc1. The van der Waals surface area contributed by atoms with Gasteiger partial charge in [-0.3, -0.25) is 0 Å². The van der Waals surface area contributed by atoms with Crippen molar-refractivity contribution >= 4 is 37.4 Å². The molecule has 0 aliphatic heterocycles. The lowest BCUT2D eigenvalue weighted by atomic mass is 10.1. The van der Waals surface area contributed by atoms with Crippen molar-refractivity contribution in [3.63, 3.8) is 0 Å². The van der Waals surface area contributed by atoms with E-state index in [2.05, 4.69) is 25.9 Å². The van der Waals surface area contributed by atoms with Crippen molar-refractivity contribution in [3.05, 3.63) is 58.6 Å². The van der Waals surface area contributed by atoms with Gasteiger partial charge in [0.25, 0.3) is 10.0 Å². The lowest BCUT2D eigenvalue weighted by Crippen LogP contribution is -2.20. The van der Waals surface area contributed by atoms with E-state index in [1.165, 1.54) is 12.1 Å². The van der Waals surface area contributed by atoms with Gasteiger partial charge in [-0.2, -0.15) is 18.4 Å². The Balaban J connectivity index is 2.16. The van der Waals surface area contributed by atoms with E-state index in [-0.39, 0.29) is 4.90 Å². The van der Waals surface area contributed by atoms with Gasteiger partial charge in [-0.05, 0) is 48.9 Å². The molecule has 0 aliphatic rings. The van der Waals surface area contributed by atoms with Crippen molar-refractivity contribution in [1.29, 1.82) is 0 Å². The summed E-state index contributed by atoms with van der Waals surface area (Å²) in [6, 6.07) is 14.1. The standard InChI is InChI=1S/C16H18BrN3O2S/c1-12(13-4-8-15(9-5-13)20(2)3)18-19-23(21,22)16-10-6-14(17)7-11-16/h4-11,19H,1-3H3/b18-12-. The van der Waals surface area contributed by atoms with Gasteiger partial charge in [-0.25, -0.2) is 0 Å². The van der Waals surface area contributed by atoms with Gasteiger partial charge < -0.3 is 4.90 Å². The summed E-state index contributed by atoms with van der Waals surface area (Å²) in [6.07, 6.45) is 0. The molecule has 0 heterocycles. The average molecular weight is 396 g/mol. The van der Waals surface area contributed by atoms with Gasteiger partial charge in [0.05, 0.1) is 10.6 Å². The first kappa shape index (κ1) is 17.5. The van der Waals surface area contributed by atoms with Crippen LogP contribution in [0.5, 0.6) is 0 Å². The quantitative estimate of drug-likeness (QED) is 0.624. The second-order valence-corrected chi connectivity index (χ2v) is 7.76. The third-order valence-corrected chi connectivity index (χ3v) is 5.01. The molecule has 0 fully saturated rings. The fraction of sp³-hybridized carbons (Fsp3) is 0.188. The van der Waals surface area contributed by atoms with Crippen LogP contribution < -0.4 is 9.73 Å². The van der Waals surface area contributed by atoms with Crippen LogP contribution in [-0.4, -0.2) is 28.2 Å². The fourth-order valence-corrected chi connectivity index (χ4v) is 2.98. The monoisotopic (exact) mass is 395 g/mol. The fourth-order valence-electron chi connectivity index (χ4n) is 1.86. The molecule has 0 saturated heterocycles. The Kier molecular flexibility index (Phi) is 5.43. The maximum atomic E-state index is 12.2. The molecule has 2 rings (SSSR count). The molecule has 7 heteroatoms. The molecule has 0 amide bonds. The Morgan fingerprint density at radius 3 is 2.13 bits per heavy atom. The lowest BCUT2D eigenvalue weighted by Gasteiger charge is -2.12. The number of hydrogen-bond donors (Lipinski definition) is 1. The van der Waals surface area contributed by atoms with Crippen LogP contribution in [-0.2, 0) is 10.0 Å². The largest absolute Gasteiger partial charge is 0.378 e. The zero-order valence-corrected chi connectivity index (χ0v) is 15.5. The van der Waals surface area contributed by atoms with Gasteiger partial charge in [0.2, 0.25) is 0 Å². The molecule has 0 spiro atoms. The number of anilines is 1. The second kappa shape index (κ2) is 7.14. The molecule has 5 nitrogen and oxygen atoms in total. The minimum atomic E-state index is -3.67. The molecule has 0 aromatic heterocycles. The van der Waals surface area contributed by atoms with E-state index < -0.39 is 10.0 Å². The average Bonchev–Trinajstić information content (AvgIpc) is 2.53. The summed E-state index contributed by atoms with van der Waals surface area (Å²) in [5.74, 6) is 0. The Morgan fingerprint density at radius 2 is 1.61 bits per heavy atom. The van der Waals surface area contributed by atoms with Gasteiger partial charge in [-0.1, -0.05) is 28.1 Å². The smallest absolute Gasteiger partial charge is 0.276 e. The van der Waals surface area contributed by atoms with Crippen molar-refractivity contribution in [1.82, 2.24) is 4.83 Å². The van der Waals surface area contributed by atoms with Crippen molar-refractivity contribution in [2.75, 3.05) is 19.0 Å². The molecule has 2 aromatic carbocycles. The summed E-state index contributed by atoms with van der Waals surface area (Å²) in [6.45, 7) is 1.76. The van der Waals surface area contributed by atoms with Crippen molar-refractivity contribution in [2.24, 2.45) is 5.10 Å². The number of hydrazone groups is 1. The van der Waals surface area contributed by atoms with Crippen LogP contribution in [0.4, 0.5) is 5.69 Å². The third-order valence-electron chi connectivity index (χ3n) is 3.26. The summed E-state index contributed by atoms with van der Waals surface area (Å²) in [5.41, 5.74) is 2.52. The number of nitrogens with one attached hydrogen (secondary N) is 1. The number of nitrogens with zero attached hydrogens (tertiary/aromatic N) is 2. The Hall–Kier alpha value is -1.86. The van der Waals surface area contributed by atoms with E-state index in [0.29, 0.717) is 5.71 Å². The molecule has 0 unspecified atom stereocenters. The zero-order valence-electron chi connectivity index (χ0n) is 13.1. The van der Waals surface area contributed by atoms with Crippen molar-refractivity contribution in [2.45, 2.75) is 11.8 Å². The highest BCUT2D eigenvalue weighted by Gasteiger charge is 2.12. The van der Waals surface area contributed by atoms with Crippen LogP contribution in [0.25, 0.3) is 0 Å². The van der Waals surface area contributed by atoms with Crippen LogP contribution in [0.2, 0.25) is 0 Å². The highest BCUT2D eigenvalue weighted by Crippen LogP contribution is 2.15. The minimum Gasteiger partial charge on any atom is -0.378 e. The van der Waals surface area contributed by atoms with Gasteiger partial charge in [-0.15, -0.1) is 0 Å². The Morgan fingerprint density at radius 1 is 1.04 bits per heavy atom. The minimum absolute atomic E-state index is 0.167. The highest BCUT2D eigenvalue weighted by atomic mass is 79.9. The van der Waals surface area contributed by atoms with Gasteiger partial charge in [0.1, 0.15) is 0 Å². The normalized spacial score (nSPS) is 12.1. The molecule has 0 bridgehead atoms. The van der Waals surface area contributed by atoms with Crippen LogP contribution >= 0.6 is 15.9 Å². The van der Waals surface area contributed by atoms with E-state index in [1.807, 2.05) is 43.3 Å². The van der Waals surface area contributed by atoms with Crippen LogP contribution in [0, 0.1) is 0 Å². The molecule has 0 atom stereocenters. The van der Waals surface area contributed by atoms with E-state index in [1.54, 1.807) is 19.1 Å². The second-order valence-electron chi connectivity index (χ2n) is 5.19. The number of hydrogen-bond acceptors (Lipinski definition) is 4. The molecular weight excluding hydrogens is 378 g/mol. The van der Waals surface area contributed by atoms with Gasteiger partial charge in [0, 0.05) is 24.3 Å². The van der Waals surface area contributed by atoms with Crippen molar-refractivity contribution < 1.29 is 8.42 Å². The molecule has 122 valence electrons. The Bertz CT molecular complexity index is 798. The van der Waals surface area contributed by atoms with Crippen LogP contribution in [0.1, 0.15) is 12.5 Å². The summed E-state index contributed by atoms with van der Waals surface area (Å²) >= 11 is 3.27. The summed E-state index contributed by atoms with van der Waals surface area (Å²) in [5, 5.41) is 3.99. The molecule has 0 radical (unpaired) electrons. The maximum absolute atomic E-state index is 12.2. The molecule has 1 N–H and O–H groups in total. The van der Waals surface area contributed by atoms with Gasteiger partial charge in [0.15, 0.2) is 0 Å². The van der Waals surface area contributed by atoms with Crippen molar-refractivity contribution in [3.8, 4) is 0 Å². The molecule has 0 saturated carbocycles. The maximum Gasteiger partial charge on any atom is 0.276 e. The summed E-state index contributed by atoms with van der Waals surface area (Å²) in [7, 11) is 0.253. The zero-order chi connectivity index (χ0) is 17.0. The lowest BCUT2D eigenvalue weighted by molar-refractivity contribution is 0.584. The molecule has 23 heavy (non-hydrogen) atoms. The van der Waals surface area contributed by atoms with E-state index >= 15 is 0 Å². The van der Waals surface area contributed by atoms with Crippen LogP contribution in [0.15, 0.2) is 63.0 Å². The predicted molar refractivity (Wildman–Crippen MR) is 97.4 cm³/mol. The number of sulfonamides is 1. The summed E-state index contributed by atoms with van der Waals surface area (Å²) < 4.78 is 25.2. The predicted octanol–water partition coefficient (Wildman–Crippen LogP) is 3.22. The number of rotatable bonds is 5. The van der Waals surface area contributed by atoms with E-state index in [9.17, 15) is 8.42 Å². The third kappa shape index (κ3) is 4.56. The molecule has 2 aromatic rings. The van der Waals surface area contributed by atoms with Crippen LogP contribution in [0.3, 0.4) is 0 Å². The first-order valence-corrected chi connectivity index (χ1v) is 9.16. The highest BCUT2D eigenvalue weighted by molar-refractivity contribution is 9.10. The number of halogens is 1. The van der Waals surface area contributed by atoms with E-state index in [4.69, 9.17) is 0 Å². The van der Waals surface area contributed by atoms with E-state index in [0.717, 1.165) is 15.7 Å². The first-order chi connectivity index (χ1) is 10.8. The first-order valence-electron chi connectivity index (χ1n) is 6.89. The Labute approximate surface area is 145 Å².